The number of aromatic nitrogens is 5. The zero-order valence-corrected chi connectivity index (χ0v) is 22.4. The molecule has 17 heteroatoms. The standard InChI is InChI=1S/C20H25N9O5S3/c1-3-4-5-6-34-25-12(11-9-36-19(21)22-11)15(30)23-13-16(31)29-14(18(32)33)10(7-35-17(13)29)8-37-20-24-26-27-28(20)2/h9,13,17H,3-8H2,1-2H3,(H2,21,22)(H,23,30)(H,32,33)/b25-12+. The highest BCUT2D eigenvalue weighted by Gasteiger charge is 2.54. The monoisotopic (exact) mass is 567 g/mol. The van der Waals surface area contributed by atoms with Gasteiger partial charge in [-0.3, -0.25) is 14.5 Å². The maximum atomic E-state index is 13.1. The highest BCUT2D eigenvalue weighted by Crippen LogP contribution is 2.41. The molecule has 1 saturated heterocycles. The van der Waals surface area contributed by atoms with E-state index < -0.39 is 29.2 Å². The number of hydrogen-bond acceptors (Lipinski definition) is 13. The molecule has 14 nitrogen and oxygen atoms in total. The number of amides is 2. The number of rotatable bonds is 12. The lowest BCUT2D eigenvalue weighted by atomic mass is 10.0. The van der Waals surface area contributed by atoms with E-state index in [0.29, 0.717) is 28.8 Å². The zero-order valence-electron chi connectivity index (χ0n) is 20.0. The van der Waals surface area contributed by atoms with E-state index in [-0.39, 0.29) is 22.2 Å². The maximum absolute atomic E-state index is 13.1. The number of carbonyl (C=O) groups is 3. The van der Waals surface area contributed by atoms with Gasteiger partial charge >= 0.3 is 5.97 Å². The molecule has 4 rings (SSSR count). The van der Waals surface area contributed by atoms with Crippen LogP contribution in [0, 0.1) is 0 Å². The molecule has 2 aromatic rings. The van der Waals surface area contributed by atoms with Crippen LogP contribution in [-0.2, 0) is 26.3 Å². The Morgan fingerprint density at radius 2 is 2.22 bits per heavy atom. The molecule has 2 aliphatic heterocycles. The Bertz CT molecular complexity index is 1240. The number of thioether (sulfide) groups is 2. The van der Waals surface area contributed by atoms with E-state index in [9.17, 15) is 19.5 Å². The molecule has 0 radical (unpaired) electrons. The lowest BCUT2D eigenvalue weighted by molar-refractivity contribution is -0.150. The van der Waals surface area contributed by atoms with Crippen molar-refractivity contribution >= 4 is 63.5 Å². The maximum Gasteiger partial charge on any atom is 0.352 e. The van der Waals surface area contributed by atoms with E-state index in [0.717, 1.165) is 30.6 Å². The Hall–Kier alpha value is -3.18. The Kier molecular flexibility index (Phi) is 8.65. The molecule has 2 unspecified atom stereocenters. The van der Waals surface area contributed by atoms with Crippen LogP contribution in [-0.4, -0.2) is 88.2 Å². The fourth-order valence-electron chi connectivity index (χ4n) is 3.63. The first-order chi connectivity index (χ1) is 17.8. The number of tetrazole rings is 1. The van der Waals surface area contributed by atoms with Crippen molar-refractivity contribution in [2.45, 2.75) is 42.8 Å². The molecule has 2 amide bonds. The highest BCUT2D eigenvalue weighted by molar-refractivity contribution is 8.01. The van der Waals surface area contributed by atoms with E-state index >= 15 is 0 Å². The third kappa shape index (κ3) is 5.88. The second-order valence-electron chi connectivity index (χ2n) is 8.04. The smallest absolute Gasteiger partial charge is 0.352 e. The molecule has 1 fully saturated rings. The number of carboxylic acid groups (broad SMARTS) is 1. The first-order valence-corrected chi connectivity index (χ1v) is 14.2. The zero-order chi connectivity index (χ0) is 26.5. The number of nitrogens with two attached hydrogens (primary N) is 1. The predicted molar refractivity (Wildman–Crippen MR) is 138 cm³/mol. The number of aryl methyl sites for hydroxylation is 1. The minimum Gasteiger partial charge on any atom is -0.477 e. The van der Waals surface area contributed by atoms with E-state index in [1.165, 1.54) is 33.1 Å². The van der Waals surface area contributed by atoms with Gasteiger partial charge in [-0.05, 0) is 22.4 Å². The molecule has 2 aliphatic rings. The van der Waals surface area contributed by atoms with Gasteiger partial charge in [-0.15, -0.1) is 28.2 Å². The topological polar surface area (TPSA) is 191 Å². The SMILES string of the molecule is CCCCCO/N=C(/C(=O)NC1C(=O)N2C(C(=O)O)=C(CSc3nnnn3C)CSC12)c1csc(N)n1. The first kappa shape index (κ1) is 26.9. The summed E-state index contributed by atoms with van der Waals surface area (Å²) in [7, 11) is 1.68. The Balaban J connectivity index is 1.46. The van der Waals surface area contributed by atoms with Gasteiger partial charge in [0.25, 0.3) is 11.8 Å². The van der Waals surface area contributed by atoms with Gasteiger partial charge in [-0.1, -0.05) is 36.7 Å². The number of oxime groups is 1. The molecule has 4 N–H and O–H groups in total. The van der Waals surface area contributed by atoms with Crippen molar-refractivity contribution < 1.29 is 24.3 Å². The van der Waals surface area contributed by atoms with Crippen molar-refractivity contribution in [3.63, 3.8) is 0 Å². The number of β-lactam (4-membered cyclic amide) rings is 1. The van der Waals surface area contributed by atoms with E-state index in [1.807, 2.05) is 0 Å². The number of nitrogen functional groups attached to an aromatic ring is 1. The number of aliphatic carboxylic acids is 1. The summed E-state index contributed by atoms with van der Waals surface area (Å²) in [5.74, 6) is -1.72. The average Bonchev–Trinajstić information content (AvgIpc) is 3.49. The van der Waals surface area contributed by atoms with Gasteiger partial charge in [0.2, 0.25) is 5.16 Å². The normalized spacial score (nSPS) is 19.5. The molecule has 0 aromatic carbocycles. The van der Waals surface area contributed by atoms with Gasteiger partial charge in [0, 0.05) is 23.9 Å². The van der Waals surface area contributed by atoms with Crippen LogP contribution in [0.2, 0.25) is 0 Å². The molecule has 0 spiro atoms. The summed E-state index contributed by atoms with van der Waals surface area (Å²) in [6, 6.07) is -0.926. The van der Waals surface area contributed by atoms with Crippen LogP contribution in [0.15, 0.2) is 27.0 Å². The van der Waals surface area contributed by atoms with E-state index in [4.69, 9.17) is 10.6 Å². The molecule has 2 aromatic heterocycles. The lowest BCUT2D eigenvalue weighted by Crippen LogP contribution is -2.71. The van der Waals surface area contributed by atoms with Gasteiger partial charge < -0.3 is 21.0 Å². The predicted octanol–water partition coefficient (Wildman–Crippen LogP) is 0.691. The van der Waals surface area contributed by atoms with Crippen molar-refractivity contribution in [1.29, 1.82) is 0 Å². The van der Waals surface area contributed by atoms with Gasteiger partial charge in [0.15, 0.2) is 10.8 Å². The van der Waals surface area contributed by atoms with Crippen LogP contribution in [0.4, 0.5) is 5.13 Å². The second kappa shape index (κ2) is 11.9. The first-order valence-electron chi connectivity index (χ1n) is 11.3. The summed E-state index contributed by atoms with van der Waals surface area (Å²) in [6.45, 7) is 2.39. The summed E-state index contributed by atoms with van der Waals surface area (Å²) in [6.07, 6.45) is 2.75. The number of nitrogens with one attached hydrogen (secondary N) is 1. The molecular weight excluding hydrogens is 542 g/mol. The Morgan fingerprint density at radius 3 is 2.86 bits per heavy atom. The van der Waals surface area contributed by atoms with Crippen molar-refractivity contribution in [3.8, 4) is 0 Å². The van der Waals surface area contributed by atoms with Crippen molar-refractivity contribution in [1.82, 2.24) is 35.4 Å². The van der Waals surface area contributed by atoms with Crippen LogP contribution in [0.5, 0.6) is 0 Å². The summed E-state index contributed by atoms with van der Waals surface area (Å²) in [4.78, 5) is 48.9. The van der Waals surface area contributed by atoms with Crippen LogP contribution in [0.1, 0.15) is 31.9 Å². The number of carboxylic acids is 1. The average molecular weight is 568 g/mol. The number of thiazole rings is 1. The molecule has 0 saturated carbocycles. The van der Waals surface area contributed by atoms with Crippen LogP contribution < -0.4 is 11.1 Å². The number of hydrogen-bond donors (Lipinski definition) is 3. The number of fused-ring (bicyclic) bond motifs is 1. The largest absolute Gasteiger partial charge is 0.477 e. The highest BCUT2D eigenvalue weighted by atomic mass is 32.2. The van der Waals surface area contributed by atoms with Crippen LogP contribution in [0.25, 0.3) is 0 Å². The lowest BCUT2D eigenvalue weighted by Gasteiger charge is -2.49. The minimum atomic E-state index is -1.21. The van der Waals surface area contributed by atoms with Gasteiger partial charge in [-0.2, -0.15) is 0 Å². The molecular formula is C20H25N9O5S3. The fourth-order valence-corrected chi connectivity index (χ4v) is 6.51. The van der Waals surface area contributed by atoms with Gasteiger partial charge in [0.05, 0.1) is 0 Å². The molecule has 0 aliphatic carbocycles. The van der Waals surface area contributed by atoms with E-state index in [1.54, 1.807) is 12.4 Å². The third-order valence-corrected chi connectivity index (χ3v) is 8.58. The Labute approximate surface area is 224 Å². The second-order valence-corrected chi connectivity index (χ2v) is 11.0. The summed E-state index contributed by atoms with van der Waals surface area (Å²) in [5.41, 5.74) is 6.35. The van der Waals surface area contributed by atoms with E-state index in [2.05, 4.69) is 37.9 Å². The quantitative estimate of drug-likeness (QED) is 0.107. The summed E-state index contributed by atoms with van der Waals surface area (Å²) >= 11 is 3.79. The summed E-state index contributed by atoms with van der Waals surface area (Å²) in [5, 5.41) is 29.5. The molecule has 4 heterocycles. The molecule has 2 atom stereocenters. The number of nitrogens with zero attached hydrogens (tertiary/aromatic N) is 7. The van der Waals surface area contributed by atoms with Crippen LogP contribution in [0.3, 0.4) is 0 Å². The van der Waals surface area contributed by atoms with Crippen LogP contribution >= 0.6 is 34.9 Å². The number of unbranched alkanes of at least 4 members (excludes halogenated alkanes) is 2. The fraction of sp³-hybridized carbons (Fsp3) is 0.500. The molecule has 0 bridgehead atoms. The van der Waals surface area contributed by atoms with Gasteiger partial charge in [0.1, 0.15) is 29.4 Å². The summed E-state index contributed by atoms with van der Waals surface area (Å²) < 4.78 is 1.48. The number of anilines is 1. The molecule has 198 valence electrons. The van der Waals surface area contributed by atoms with Gasteiger partial charge in [-0.25, -0.2) is 14.5 Å². The molecule has 37 heavy (non-hydrogen) atoms. The Morgan fingerprint density at radius 1 is 1.41 bits per heavy atom. The van der Waals surface area contributed by atoms with Crippen molar-refractivity contribution in [2.75, 3.05) is 23.8 Å². The number of carbonyl (C=O) groups excluding carboxylic acids is 2. The van der Waals surface area contributed by atoms with Crippen molar-refractivity contribution in [2.24, 2.45) is 12.2 Å². The third-order valence-electron chi connectivity index (χ3n) is 5.47. The minimum absolute atomic E-state index is 0.0812. The van der Waals surface area contributed by atoms with Crippen molar-refractivity contribution in [3.05, 3.63) is 22.3 Å².